The molecular formula is C10H15F3O. The molecule has 0 saturated heterocycles. The number of rotatable bonds is 4. The van der Waals surface area contributed by atoms with Crippen LogP contribution in [0.1, 0.15) is 32.6 Å². The Morgan fingerprint density at radius 3 is 2.29 bits per heavy atom. The molecule has 0 radical (unpaired) electrons. The Labute approximate surface area is 81.6 Å². The van der Waals surface area contributed by atoms with E-state index in [0.29, 0.717) is 18.8 Å². The summed E-state index contributed by atoms with van der Waals surface area (Å²) in [7, 11) is 0. The molecule has 1 nitrogen and oxygen atoms in total. The van der Waals surface area contributed by atoms with E-state index in [-0.39, 0.29) is 19.1 Å². The molecule has 0 aromatic heterocycles. The Hall–Kier alpha value is -0.250. The highest BCUT2D eigenvalue weighted by Crippen LogP contribution is 2.60. The van der Waals surface area contributed by atoms with Crippen LogP contribution in [0.15, 0.2) is 0 Å². The number of halogens is 3. The van der Waals surface area contributed by atoms with Crippen LogP contribution in [0.4, 0.5) is 13.2 Å². The van der Waals surface area contributed by atoms with Gasteiger partial charge in [0, 0.05) is 6.61 Å². The fourth-order valence-corrected chi connectivity index (χ4v) is 1.75. The Balaban J connectivity index is 1.70. The van der Waals surface area contributed by atoms with Gasteiger partial charge in [-0.05, 0) is 31.6 Å². The highest BCUT2D eigenvalue weighted by molar-refractivity contribution is 4.99. The van der Waals surface area contributed by atoms with Crippen molar-refractivity contribution in [2.24, 2.45) is 11.3 Å². The molecule has 0 amide bonds. The fraction of sp³-hybridized carbons (Fsp3) is 1.00. The minimum Gasteiger partial charge on any atom is -0.378 e. The van der Waals surface area contributed by atoms with Crippen molar-refractivity contribution in [3.05, 3.63) is 0 Å². The van der Waals surface area contributed by atoms with Crippen molar-refractivity contribution in [3.63, 3.8) is 0 Å². The van der Waals surface area contributed by atoms with Crippen LogP contribution < -0.4 is 0 Å². The van der Waals surface area contributed by atoms with E-state index in [0.717, 1.165) is 6.42 Å². The quantitative estimate of drug-likeness (QED) is 0.689. The smallest absolute Gasteiger partial charge is 0.378 e. The molecule has 2 fully saturated rings. The number of alkyl halides is 3. The van der Waals surface area contributed by atoms with Crippen LogP contribution in [0.25, 0.3) is 0 Å². The van der Waals surface area contributed by atoms with Crippen molar-refractivity contribution >= 4 is 0 Å². The highest BCUT2D eigenvalue weighted by Gasteiger charge is 2.62. The van der Waals surface area contributed by atoms with E-state index in [1.54, 1.807) is 0 Å². The molecule has 0 aromatic rings. The van der Waals surface area contributed by atoms with Crippen LogP contribution in [0, 0.1) is 11.3 Å². The summed E-state index contributed by atoms with van der Waals surface area (Å²) in [5, 5.41) is 0. The van der Waals surface area contributed by atoms with Gasteiger partial charge in [0.15, 0.2) is 0 Å². The summed E-state index contributed by atoms with van der Waals surface area (Å²) in [5.74, 6) is 0.552. The van der Waals surface area contributed by atoms with E-state index in [1.807, 2.05) is 0 Å². The van der Waals surface area contributed by atoms with Gasteiger partial charge in [-0.2, -0.15) is 13.2 Å². The molecule has 2 atom stereocenters. The second kappa shape index (κ2) is 3.12. The maximum Gasteiger partial charge on any atom is 0.394 e. The zero-order chi connectivity index (χ0) is 10.4. The first-order valence-corrected chi connectivity index (χ1v) is 5.13. The normalized spacial score (nSPS) is 34.3. The molecule has 0 heterocycles. The average molecular weight is 208 g/mol. The highest BCUT2D eigenvalue weighted by atomic mass is 19.4. The standard InChI is InChI=1S/C10H15F3O/c1-7-6-8(7)14-5-4-9(2-3-9)10(11,12)13/h7-8H,2-6H2,1H3/t7?,8-/m0/s1. The van der Waals surface area contributed by atoms with Gasteiger partial charge in [-0.15, -0.1) is 0 Å². The lowest BCUT2D eigenvalue weighted by molar-refractivity contribution is -0.192. The molecule has 14 heavy (non-hydrogen) atoms. The van der Waals surface area contributed by atoms with Crippen molar-refractivity contribution in [1.82, 2.24) is 0 Å². The number of hydrogen-bond acceptors (Lipinski definition) is 1. The van der Waals surface area contributed by atoms with Crippen molar-refractivity contribution in [1.29, 1.82) is 0 Å². The Morgan fingerprint density at radius 2 is 1.93 bits per heavy atom. The van der Waals surface area contributed by atoms with E-state index >= 15 is 0 Å². The van der Waals surface area contributed by atoms with Crippen LogP contribution in [0.5, 0.6) is 0 Å². The van der Waals surface area contributed by atoms with E-state index in [2.05, 4.69) is 6.92 Å². The third-order valence-corrected chi connectivity index (χ3v) is 3.40. The van der Waals surface area contributed by atoms with Gasteiger partial charge in [0.1, 0.15) is 0 Å². The monoisotopic (exact) mass is 208 g/mol. The summed E-state index contributed by atoms with van der Waals surface area (Å²) < 4.78 is 42.7. The molecule has 4 heteroatoms. The minimum atomic E-state index is -4.02. The molecule has 2 saturated carbocycles. The summed E-state index contributed by atoms with van der Waals surface area (Å²) in [6, 6.07) is 0. The van der Waals surface area contributed by atoms with Gasteiger partial charge in [-0.1, -0.05) is 6.92 Å². The Kier molecular flexibility index (Phi) is 2.29. The first kappa shape index (κ1) is 10.3. The molecule has 1 unspecified atom stereocenters. The van der Waals surface area contributed by atoms with Crippen LogP contribution >= 0.6 is 0 Å². The van der Waals surface area contributed by atoms with Crippen molar-refractivity contribution < 1.29 is 17.9 Å². The Bertz CT molecular complexity index is 220. The van der Waals surface area contributed by atoms with Gasteiger partial charge in [0.25, 0.3) is 0 Å². The second-order valence-corrected chi connectivity index (χ2v) is 4.65. The molecule has 0 aliphatic heterocycles. The predicted octanol–water partition coefficient (Wildman–Crippen LogP) is 3.14. The maximum atomic E-state index is 12.5. The maximum absolute atomic E-state index is 12.5. The van der Waals surface area contributed by atoms with Crippen LogP contribution in [0.3, 0.4) is 0 Å². The zero-order valence-electron chi connectivity index (χ0n) is 8.23. The van der Waals surface area contributed by atoms with Gasteiger partial charge < -0.3 is 4.74 Å². The molecule has 2 aliphatic rings. The SMILES string of the molecule is CC1C[C@@H]1OCCC1(C(F)(F)F)CC1. The summed E-state index contributed by atoms with van der Waals surface area (Å²) in [5.41, 5.74) is -1.38. The summed E-state index contributed by atoms with van der Waals surface area (Å²) in [6.45, 7) is 2.33. The largest absolute Gasteiger partial charge is 0.394 e. The van der Waals surface area contributed by atoms with Crippen LogP contribution in [-0.2, 0) is 4.74 Å². The van der Waals surface area contributed by atoms with Crippen molar-refractivity contribution in [2.45, 2.75) is 44.9 Å². The molecule has 0 N–H and O–H groups in total. The zero-order valence-corrected chi connectivity index (χ0v) is 8.23. The van der Waals surface area contributed by atoms with E-state index in [4.69, 9.17) is 4.74 Å². The van der Waals surface area contributed by atoms with Crippen molar-refractivity contribution in [2.75, 3.05) is 6.61 Å². The summed E-state index contributed by atoms with van der Waals surface area (Å²) >= 11 is 0. The first-order chi connectivity index (χ1) is 6.45. The lowest BCUT2D eigenvalue weighted by Gasteiger charge is -2.18. The Morgan fingerprint density at radius 1 is 1.36 bits per heavy atom. The van der Waals surface area contributed by atoms with Gasteiger partial charge in [-0.3, -0.25) is 0 Å². The molecule has 82 valence electrons. The van der Waals surface area contributed by atoms with Gasteiger partial charge in [0.05, 0.1) is 11.5 Å². The topological polar surface area (TPSA) is 9.23 Å². The lowest BCUT2D eigenvalue weighted by atomic mass is 10.0. The second-order valence-electron chi connectivity index (χ2n) is 4.65. The van der Waals surface area contributed by atoms with E-state index < -0.39 is 11.6 Å². The average Bonchev–Trinajstić information content (AvgIpc) is 2.89. The fourth-order valence-electron chi connectivity index (χ4n) is 1.75. The summed E-state index contributed by atoms with van der Waals surface area (Å²) in [6.07, 6.45) is -2.04. The van der Waals surface area contributed by atoms with Crippen LogP contribution in [-0.4, -0.2) is 18.9 Å². The minimum absolute atomic E-state index is 0.153. The third-order valence-electron chi connectivity index (χ3n) is 3.40. The molecule has 0 bridgehead atoms. The van der Waals surface area contributed by atoms with Crippen LogP contribution in [0.2, 0.25) is 0 Å². The number of ether oxygens (including phenoxy) is 1. The number of hydrogen-bond donors (Lipinski definition) is 0. The molecule has 2 rings (SSSR count). The molecule has 0 spiro atoms. The predicted molar refractivity (Wildman–Crippen MR) is 45.9 cm³/mol. The third kappa shape index (κ3) is 1.90. The molecule has 0 aromatic carbocycles. The van der Waals surface area contributed by atoms with Gasteiger partial charge >= 0.3 is 6.18 Å². The first-order valence-electron chi connectivity index (χ1n) is 5.13. The van der Waals surface area contributed by atoms with Gasteiger partial charge in [-0.25, -0.2) is 0 Å². The summed E-state index contributed by atoms with van der Waals surface area (Å²) in [4.78, 5) is 0. The molecular weight excluding hydrogens is 193 g/mol. The van der Waals surface area contributed by atoms with E-state index in [9.17, 15) is 13.2 Å². The van der Waals surface area contributed by atoms with Crippen molar-refractivity contribution in [3.8, 4) is 0 Å². The van der Waals surface area contributed by atoms with Gasteiger partial charge in [0.2, 0.25) is 0 Å². The van der Waals surface area contributed by atoms with E-state index in [1.165, 1.54) is 0 Å². The molecule has 2 aliphatic carbocycles. The lowest BCUT2D eigenvalue weighted by Crippen LogP contribution is -2.26.